The normalized spacial score (nSPS) is 10.3. The van der Waals surface area contributed by atoms with Gasteiger partial charge in [0.05, 0.1) is 20.3 Å². The smallest absolute Gasteiger partial charge is 0.274 e. The Labute approximate surface area is 179 Å². The molecule has 0 aliphatic rings. The molecule has 31 heavy (non-hydrogen) atoms. The number of aromatic amines is 1. The van der Waals surface area contributed by atoms with Crippen molar-refractivity contribution in [2.24, 2.45) is 0 Å². The zero-order chi connectivity index (χ0) is 22.1. The SMILES string of the molecule is COCCOc1ccc2[nH]c(C(=O)NCC#Cc3ccc(C(=O)NOC)cc3)cc2c1. The van der Waals surface area contributed by atoms with Gasteiger partial charge in [0.2, 0.25) is 0 Å². The molecular formula is C23H23N3O5. The molecule has 3 aromatic rings. The minimum absolute atomic E-state index is 0.186. The number of aromatic nitrogens is 1. The molecule has 0 fully saturated rings. The van der Waals surface area contributed by atoms with Crippen molar-refractivity contribution in [1.82, 2.24) is 15.8 Å². The van der Waals surface area contributed by atoms with Gasteiger partial charge in [-0.1, -0.05) is 11.8 Å². The topological polar surface area (TPSA) is 102 Å². The molecule has 0 spiro atoms. The number of amides is 2. The molecule has 2 amide bonds. The monoisotopic (exact) mass is 421 g/mol. The molecule has 0 aliphatic carbocycles. The second-order valence-electron chi connectivity index (χ2n) is 6.47. The Morgan fingerprint density at radius 3 is 2.55 bits per heavy atom. The van der Waals surface area contributed by atoms with Crippen LogP contribution in [0.15, 0.2) is 48.5 Å². The number of hydrogen-bond donors (Lipinski definition) is 3. The lowest BCUT2D eigenvalue weighted by atomic mass is 10.1. The van der Waals surface area contributed by atoms with Gasteiger partial charge in [0, 0.05) is 29.1 Å². The van der Waals surface area contributed by atoms with Gasteiger partial charge >= 0.3 is 0 Å². The van der Waals surface area contributed by atoms with Gasteiger partial charge in [-0.15, -0.1) is 0 Å². The van der Waals surface area contributed by atoms with Crippen LogP contribution < -0.4 is 15.5 Å². The second kappa shape index (κ2) is 10.8. The average Bonchev–Trinajstić information content (AvgIpc) is 3.21. The first-order valence-electron chi connectivity index (χ1n) is 9.55. The molecule has 1 heterocycles. The molecule has 8 nitrogen and oxygen atoms in total. The van der Waals surface area contributed by atoms with Crippen LogP contribution in [0.2, 0.25) is 0 Å². The third-order valence-electron chi connectivity index (χ3n) is 4.30. The predicted molar refractivity (Wildman–Crippen MR) is 116 cm³/mol. The summed E-state index contributed by atoms with van der Waals surface area (Å²) in [4.78, 5) is 31.7. The van der Waals surface area contributed by atoms with E-state index in [2.05, 4.69) is 32.5 Å². The number of hydroxylamine groups is 1. The fourth-order valence-electron chi connectivity index (χ4n) is 2.79. The molecule has 0 radical (unpaired) electrons. The Bertz CT molecular complexity index is 1110. The van der Waals surface area contributed by atoms with Gasteiger partial charge in [0.1, 0.15) is 18.1 Å². The number of hydrogen-bond acceptors (Lipinski definition) is 5. The first kappa shape index (κ1) is 21.9. The van der Waals surface area contributed by atoms with E-state index in [-0.39, 0.29) is 18.4 Å². The highest BCUT2D eigenvalue weighted by Crippen LogP contribution is 2.21. The number of carbonyl (C=O) groups excluding carboxylic acids is 2. The van der Waals surface area contributed by atoms with Crippen LogP contribution in [0.25, 0.3) is 10.9 Å². The lowest BCUT2D eigenvalue weighted by molar-refractivity contribution is 0.0537. The van der Waals surface area contributed by atoms with E-state index in [9.17, 15) is 9.59 Å². The number of H-pyrrole nitrogens is 1. The Morgan fingerprint density at radius 1 is 1.00 bits per heavy atom. The van der Waals surface area contributed by atoms with Crippen LogP contribution in [0.1, 0.15) is 26.4 Å². The lowest BCUT2D eigenvalue weighted by Gasteiger charge is -2.04. The summed E-state index contributed by atoms with van der Waals surface area (Å²) in [5, 5.41) is 3.64. The molecule has 2 aromatic carbocycles. The number of methoxy groups -OCH3 is 1. The number of fused-ring (bicyclic) bond motifs is 1. The Kier molecular flexibility index (Phi) is 7.65. The molecule has 0 unspecified atom stereocenters. The van der Waals surface area contributed by atoms with Crippen molar-refractivity contribution in [2.45, 2.75) is 0 Å². The van der Waals surface area contributed by atoms with Crippen molar-refractivity contribution >= 4 is 22.7 Å². The summed E-state index contributed by atoms with van der Waals surface area (Å²) < 4.78 is 10.6. The highest BCUT2D eigenvalue weighted by molar-refractivity contribution is 5.98. The van der Waals surface area contributed by atoms with Gasteiger partial charge in [-0.05, 0) is 48.5 Å². The van der Waals surface area contributed by atoms with E-state index in [0.29, 0.717) is 30.2 Å². The summed E-state index contributed by atoms with van der Waals surface area (Å²) >= 11 is 0. The zero-order valence-electron chi connectivity index (χ0n) is 17.3. The van der Waals surface area contributed by atoms with E-state index in [1.54, 1.807) is 37.4 Å². The lowest BCUT2D eigenvalue weighted by Crippen LogP contribution is -2.23. The summed E-state index contributed by atoms with van der Waals surface area (Å²) in [6.45, 7) is 1.15. The predicted octanol–water partition coefficient (Wildman–Crippen LogP) is 2.27. The van der Waals surface area contributed by atoms with E-state index in [1.807, 2.05) is 18.2 Å². The molecule has 0 bridgehead atoms. The van der Waals surface area contributed by atoms with Crippen molar-refractivity contribution in [1.29, 1.82) is 0 Å². The first-order valence-corrected chi connectivity index (χ1v) is 9.55. The minimum Gasteiger partial charge on any atom is -0.491 e. The highest BCUT2D eigenvalue weighted by Gasteiger charge is 2.09. The highest BCUT2D eigenvalue weighted by atomic mass is 16.6. The molecule has 0 saturated heterocycles. The van der Waals surface area contributed by atoms with Crippen LogP contribution in [0.3, 0.4) is 0 Å². The fraction of sp³-hybridized carbons (Fsp3) is 0.217. The molecule has 3 N–H and O–H groups in total. The first-order chi connectivity index (χ1) is 15.1. The Morgan fingerprint density at radius 2 is 1.81 bits per heavy atom. The molecular weight excluding hydrogens is 398 g/mol. The van der Waals surface area contributed by atoms with Crippen molar-refractivity contribution < 1.29 is 23.9 Å². The molecule has 3 rings (SSSR count). The van der Waals surface area contributed by atoms with Crippen molar-refractivity contribution in [3.05, 3.63) is 65.4 Å². The van der Waals surface area contributed by atoms with Crippen molar-refractivity contribution in [3.8, 4) is 17.6 Å². The van der Waals surface area contributed by atoms with Crippen molar-refractivity contribution in [3.63, 3.8) is 0 Å². The molecule has 1 aromatic heterocycles. The number of rotatable bonds is 8. The number of benzene rings is 2. The molecule has 0 aliphatic heterocycles. The van der Waals surface area contributed by atoms with Crippen LogP contribution in [0.4, 0.5) is 0 Å². The summed E-state index contributed by atoms with van der Waals surface area (Å²) in [6.07, 6.45) is 0. The molecule has 0 saturated carbocycles. The fourth-order valence-corrected chi connectivity index (χ4v) is 2.79. The third-order valence-corrected chi connectivity index (χ3v) is 4.30. The van der Waals surface area contributed by atoms with Crippen LogP contribution in [0, 0.1) is 11.8 Å². The van der Waals surface area contributed by atoms with Crippen LogP contribution >= 0.6 is 0 Å². The van der Waals surface area contributed by atoms with E-state index < -0.39 is 0 Å². The van der Waals surface area contributed by atoms with E-state index in [4.69, 9.17) is 9.47 Å². The quantitative estimate of drug-likeness (QED) is 0.294. The van der Waals surface area contributed by atoms with Gasteiger partial charge in [0.15, 0.2) is 0 Å². The van der Waals surface area contributed by atoms with E-state index in [0.717, 1.165) is 16.5 Å². The standard InChI is InChI=1S/C23H23N3O5/c1-29-12-13-31-19-9-10-20-18(14-19)15-21(25-20)23(28)24-11-3-4-16-5-7-17(8-6-16)22(27)26-30-2/h5-10,14-15,25H,11-13H2,1-2H3,(H,24,28)(H,26,27). The number of ether oxygens (including phenoxy) is 2. The maximum absolute atomic E-state index is 12.4. The van der Waals surface area contributed by atoms with E-state index >= 15 is 0 Å². The number of nitrogens with one attached hydrogen (secondary N) is 3. The Balaban J connectivity index is 1.55. The Hall–Kier alpha value is -3.80. The van der Waals surface area contributed by atoms with Crippen LogP contribution in [-0.2, 0) is 9.57 Å². The minimum atomic E-state index is -0.332. The van der Waals surface area contributed by atoms with Gasteiger partial charge < -0.3 is 19.8 Å². The number of carbonyl (C=O) groups is 2. The molecule has 160 valence electrons. The summed E-state index contributed by atoms with van der Waals surface area (Å²) in [5.41, 5.74) is 4.73. The largest absolute Gasteiger partial charge is 0.491 e. The van der Waals surface area contributed by atoms with Crippen LogP contribution in [0.5, 0.6) is 5.75 Å². The molecule has 8 heteroatoms. The second-order valence-corrected chi connectivity index (χ2v) is 6.47. The van der Waals surface area contributed by atoms with Gasteiger partial charge in [0.25, 0.3) is 11.8 Å². The molecule has 0 atom stereocenters. The maximum Gasteiger partial charge on any atom is 0.274 e. The summed E-state index contributed by atoms with van der Waals surface area (Å²) in [7, 11) is 2.99. The summed E-state index contributed by atoms with van der Waals surface area (Å²) in [6, 6.07) is 14.1. The zero-order valence-corrected chi connectivity index (χ0v) is 17.3. The maximum atomic E-state index is 12.4. The van der Waals surface area contributed by atoms with Gasteiger partial charge in [-0.25, -0.2) is 5.48 Å². The average molecular weight is 421 g/mol. The third kappa shape index (κ3) is 6.09. The van der Waals surface area contributed by atoms with Crippen molar-refractivity contribution in [2.75, 3.05) is 34.0 Å². The van der Waals surface area contributed by atoms with Gasteiger partial charge in [-0.3, -0.25) is 14.4 Å². The van der Waals surface area contributed by atoms with Crippen LogP contribution in [-0.4, -0.2) is 50.8 Å². The summed E-state index contributed by atoms with van der Waals surface area (Å²) in [5.74, 6) is 5.97. The van der Waals surface area contributed by atoms with Gasteiger partial charge in [-0.2, -0.15) is 0 Å². The van der Waals surface area contributed by atoms with E-state index in [1.165, 1.54) is 7.11 Å².